The van der Waals surface area contributed by atoms with E-state index in [4.69, 9.17) is 0 Å². The molecule has 6 rings (SSSR count). The van der Waals surface area contributed by atoms with Gasteiger partial charge in [-0.1, -0.05) is 25.7 Å². The van der Waals surface area contributed by atoms with Gasteiger partial charge >= 0.3 is 50.9 Å². The van der Waals surface area contributed by atoms with Crippen LogP contribution < -0.4 is 20.4 Å². The zero-order chi connectivity index (χ0) is 38.1. The van der Waals surface area contributed by atoms with E-state index in [1.54, 1.807) is 48.5 Å². The van der Waals surface area contributed by atoms with Gasteiger partial charge in [0.25, 0.3) is 0 Å². The van der Waals surface area contributed by atoms with Gasteiger partial charge in [0.15, 0.2) is 0 Å². The zero-order valence-electron chi connectivity index (χ0n) is 31.5. The van der Waals surface area contributed by atoms with E-state index in [9.17, 15) is 30.0 Å². The van der Waals surface area contributed by atoms with Gasteiger partial charge in [-0.2, -0.15) is 60.7 Å². The van der Waals surface area contributed by atoms with Gasteiger partial charge in [-0.3, -0.25) is 0 Å². The number of nitrogens with zero attached hydrogens (tertiary/aromatic N) is 4. The fourth-order valence-corrected chi connectivity index (χ4v) is 4.67. The van der Waals surface area contributed by atoms with Crippen molar-refractivity contribution in [3.8, 4) is 0 Å². The van der Waals surface area contributed by atoms with Gasteiger partial charge in [0.2, 0.25) is 0 Å². The van der Waals surface area contributed by atoms with E-state index >= 15 is 0 Å². The first-order chi connectivity index (χ1) is 25.3. The van der Waals surface area contributed by atoms with Crippen molar-refractivity contribution in [1.29, 1.82) is 0 Å². The third kappa shape index (κ3) is 29.9. The molecule has 4 aliphatic rings. The van der Waals surface area contributed by atoms with Crippen molar-refractivity contribution >= 4 is 35.5 Å². The molecule has 0 aromatic heterocycles. The van der Waals surface area contributed by atoms with Crippen LogP contribution in [0.1, 0.15) is 123 Å². The summed E-state index contributed by atoms with van der Waals surface area (Å²) in [5.74, 6) is -0.224. The summed E-state index contributed by atoms with van der Waals surface area (Å²) in [4.78, 5) is 36.7. The molecule has 4 heterocycles. The second-order valence-corrected chi connectivity index (χ2v) is 11.9. The van der Waals surface area contributed by atoms with Crippen molar-refractivity contribution in [3.63, 3.8) is 0 Å². The van der Waals surface area contributed by atoms with E-state index in [2.05, 4.69) is 41.6 Å². The van der Waals surface area contributed by atoms with Crippen LogP contribution in [0.15, 0.2) is 68.5 Å². The van der Waals surface area contributed by atoms with Gasteiger partial charge in [0, 0.05) is 26.2 Å². The van der Waals surface area contributed by atoms with Crippen LogP contribution in [0.4, 0.5) is 0 Å². The smallest absolute Gasteiger partial charge is 0.862 e. The van der Waals surface area contributed by atoms with Gasteiger partial charge in [0.1, 0.15) is 0 Å². The Morgan fingerprint density at radius 1 is 0.463 bits per heavy atom. The summed E-state index contributed by atoms with van der Waals surface area (Å²) in [6, 6.07) is 18.9. The molecule has 0 spiro atoms. The largest absolute Gasteiger partial charge is 3.00 e. The third-order valence-electron chi connectivity index (χ3n) is 7.63. The van der Waals surface area contributed by atoms with Crippen LogP contribution in [0.25, 0.3) is 0 Å². The number of hydrogen-bond acceptors (Lipinski definition) is 12. The number of aliphatic imine (C=N–C) groups is 4. The van der Waals surface area contributed by atoms with Crippen LogP contribution >= 0.6 is 0 Å². The Bertz CT molecular complexity index is 1200. The van der Waals surface area contributed by atoms with Crippen LogP contribution in [0.3, 0.4) is 0 Å². The predicted octanol–water partition coefficient (Wildman–Crippen LogP) is 3.82. The molecular formula is C40H54N4O8Rh2. The monoisotopic (exact) mass is 924 g/mol. The number of carbonyl (C=O) groups excluding carboxylic acids is 2. The Kier molecular flexibility index (Phi) is 35.5. The van der Waals surface area contributed by atoms with Crippen molar-refractivity contribution < 1.29 is 78.4 Å². The molecule has 0 unspecified atom stereocenters. The third-order valence-corrected chi connectivity index (χ3v) is 7.63. The molecule has 0 saturated carbocycles. The summed E-state index contributed by atoms with van der Waals surface area (Å²) in [6.45, 7) is 3.05. The average Bonchev–Trinajstić information content (AvgIpc) is 3.77. The minimum atomic E-state index is -0.311. The van der Waals surface area contributed by atoms with Crippen molar-refractivity contribution in [2.75, 3.05) is 40.4 Å². The van der Waals surface area contributed by atoms with E-state index in [1.807, 2.05) is 0 Å². The average molecular weight is 925 g/mol. The van der Waals surface area contributed by atoms with Gasteiger partial charge < -0.3 is 49.9 Å². The van der Waals surface area contributed by atoms with Gasteiger partial charge in [-0.25, -0.2) is 9.59 Å². The molecule has 54 heavy (non-hydrogen) atoms. The Balaban J connectivity index is 0. The van der Waals surface area contributed by atoms with E-state index < -0.39 is 0 Å². The standard InChI is InChI=1S/2C8H7O2.4C6H11NO.2Rh/c2*1-10-8(9)7-5-3-2-4-6-7;4*8-6-4-2-1-3-5-7-6;;/h2*3-6H,1H3;4*1-5H2,(H,7,8);;/q2*-1;;;;;2*+3/p-4. The van der Waals surface area contributed by atoms with Crippen molar-refractivity contribution in [2.24, 2.45) is 20.0 Å². The zero-order valence-corrected chi connectivity index (χ0v) is 34.8. The van der Waals surface area contributed by atoms with Crippen LogP contribution in [0.2, 0.25) is 0 Å². The predicted molar refractivity (Wildman–Crippen MR) is 196 cm³/mol. The van der Waals surface area contributed by atoms with E-state index in [0.717, 1.165) is 77.5 Å². The van der Waals surface area contributed by atoms with Crippen molar-refractivity contribution in [3.05, 3.63) is 71.8 Å². The number of carbonyl (C=O) groups is 2. The first kappa shape index (κ1) is 52.6. The second-order valence-electron chi connectivity index (χ2n) is 11.9. The normalized spacial score (nSPS) is 16.2. The second kappa shape index (κ2) is 36.5. The molecule has 0 amide bonds. The minimum absolute atomic E-state index is 0. The summed E-state index contributed by atoms with van der Waals surface area (Å²) in [7, 11) is 2.72. The molecule has 4 aliphatic heterocycles. The summed E-state index contributed by atoms with van der Waals surface area (Å²) in [5, 5.41) is 42.1. The van der Waals surface area contributed by atoms with Crippen LogP contribution in [0.5, 0.6) is 0 Å². The van der Waals surface area contributed by atoms with E-state index in [0.29, 0.717) is 36.8 Å². The van der Waals surface area contributed by atoms with Gasteiger partial charge in [0.05, 0.1) is 14.2 Å². The maximum absolute atomic E-state index is 10.8. The van der Waals surface area contributed by atoms with Crippen LogP contribution in [-0.2, 0) is 48.4 Å². The SMILES string of the molecule is COC(=O)c1cc[c-]cc1.COC(=O)c1cc[c-]cc1.[O-]C1=NCCCCC1.[O-]C1=NCCCCC1.[O-]C1=NCCCCC1.[O-]C1=NCCCCC1.[Rh+3].[Rh+3]. The molecule has 2 aromatic carbocycles. The molecule has 0 atom stereocenters. The summed E-state index contributed by atoms with van der Waals surface area (Å²) >= 11 is 0. The number of rotatable bonds is 2. The summed E-state index contributed by atoms with van der Waals surface area (Å²) < 4.78 is 8.97. The molecule has 0 saturated heterocycles. The first-order valence-electron chi connectivity index (χ1n) is 18.2. The van der Waals surface area contributed by atoms with Gasteiger partial charge in [-0.05, 0) is 112 Å². The molecular weight excluding hydrogens is 870 g/mol. The molecule has 0 aliphatic carbocycles. The summed E-state index contributed by atoms with van der Waals surface area (Å²) in [6.07, 6.45) is 16.0. The molecule has 12 nitrogen and oxygen atoms in total. The Morgan fingerprint density at radius 2 is 0.704 bits per heavy atom. The first-order valence-corrected chi connectivity index (χ1v) is 18.2. The van der Waals surface area contributed by atoms with Crippen LogP contribution in [-0.4, -0.2) is 75.9 Å². The fourth-order valence-electron chi connectivity index (χ4n) is 4.67. The Morgan fingerprint density at radius 3 is 0.926 bits per heavy atom. The molecule has 0 bridgehead atoms. The quantitative estimate of drug-likeness (QED) is 0.247. The maximum atomic E-state index is 10.8. The van der Waals surface area contributed by atoms with Crippen molar-refractivity contribution in [2.45, 2.75) is 103 Å². The van der Waals surface area contributed by atoms with Gasteiger partial charge in [-0.15, -0.1) is 0 Å². The van der Waals surface area contributed by atoms with E-state index in [1.165, 1.54) is 39.9 Å². The maximum Gasteiger partial charge on any atom is 3.00 e. The van der Waals surface area contributed by atoms with Crippen LogP contribution in [0, 0.1) is 12.1 Å². The number of ether oxygens (including phenoxy) is 2. The van der Waals surface area contributed by atoms with E-state index in [-0.39, 0.29) is 74.5 Å². The molecule has 0 N–H and O–H groups in total. The summed E-state index contributed by atoms with van der Waals surface area (Å²) in [5.41, 5.74) is 1.11. The Hall–Kier alpha value is -3.49. The number of benzene rings is 2. The molecule has 14 heteroatoms. The molecule has 300 valence electrons. The minimum Gasteiger partial charge on any atom is -0.862 e. The molecule has 0 fully saturated rings. The number of esters is 2. The Labute approximate surface area is 347 Å². The van der Waals surface area contributed by atoms with Crippen molar-refractivity contribution in [1.82, 2.24) is 0 Å². The number of hydrogen-bond donors (Lipinski definition) is 0. The molecule has 2 aromatic rings. The fraction of sp³-hybridized carbons (Fsp3) is 0.550. The molecule has 0 radical (unpaired) electrons. The number of methoxy groups -OCH3 is 2. The topological polar surface area (TPSA) is 194 Å².